The first-order chi connectivity index (χ1) is 10.5. The topological polar surface area (TPSA) is 53.2 Å². The predicted octanol–water partition coefficient (Wildman–Crippen LogP) is 2.07. The van der Waals surface area contributed by atoms with E-state index in [-0.39, 0.29) is 17.8 Å². The Hall–Kier alpha value is -2.56. The third-order valence-electron chi connectivity index (χ3n) is 4.56. The molecule has 1 aliphatic rings. The third kappa shape index (κ3) is 1.48. The fraction of sp³-hybridized carbons (Fsp3) is 0.294. The molecule has 0 N–H and O–H groups in total. The summed E-state index contributed by atoms with van der Waals surface area (Å²) in [7, 11) is 1.74. The maximum atomic E-state index is 12.2. The molecule has 0 spiro atoms. The number of aromatic nitrogens is 2. The van der Waals surface area contributed by atoms with E-state index in [4.69, 9.17) is 4.74 Å². The summed E-state index contributed by atoms with van der Waals surface area (Å²) < 4.78 is 9.03. The van der Waals surface area contributed by atoms with Crippen molar-refractivity contribution in [3.8, 4) is 5.75 Å². The number of pyridine rings is 2. The molecule has 4 rings (SSSR count). The smallest absolute Gasteiger partial charge is 0.254 e. The van der Waals surface area contributed by atoms with Crippen LogP contribution >= 0.6 is 0 Å². The zero-order valence-electron chi connectivity index (χ0n) is 12.8. The van der Waals surface area contributed by atoms with Crippen molar-refractivity contribution in [2.75, 3.05) is 0 Å². The second-order valence-corrected chi connectivity index (χ2v) is 5.79. The standard InChI is InChI=1S/C17H16N2O3/c1-4-10-6-14(21)19-8-22-17-15-11(7-12(10)16(17)19)9(2)5-13(20)18(15)3/h5-7H,4,8H2,1-3H3. The monoisotopic (exact) mass is 296 g/mol. The summed E-state index contributed by atoms with van der Waals surface area (Å²) in [5.74, 6) is 0.642. The Labute approximate surface area is 126 Å². The molecule has 0 amide bonds. The molecule has 0 saturated heterocycles. The van der Waals surface area contributed by atoms with E-state index in [0.29, 0.717) is 5.75 Å². The van der Waals surface area contributed by atoms with E-state index >= 15 is 0 Å². The molecule has 0 aliphatic carbocycles. The van der Waals surface area contributed by atoms with Gasteiger partial charge in [-0.05, 0) is 30.5 Å². The van der Waals surface area contributed by atoms with Crippen molar-refractivity contribution < 1.29 is 4.74 Å². The number of nitrogens with zero attached hydrogens (tertiary/aromatic N) is 2. The molecule has 0 unspecified atom stereocenters. The highest BCUT2D eigenvalue weighted by molar-refractivity contribution is 6.05. The number of rotatable bonds is 1. The molecule has 5 nitrogen and oxygen atoms in total. The highest BCUT2D eigenvalue weighted by Crippen LogP contribution is 2.39. The van der Waals surface area contributed by atoms with Gasteiger partial charge in [-0.1, -0.05) is 6.92 Å². The zero-order valence-corrected chi connectivity index (χ0v) is 12.8. The minimum absolute atomic E-state index is 0.0555. The summed E-state index contributed by atoms with van der Waals surface area (Å²) in [4.78, 5) is 24.4. The van der Waals surface area contributed by atoms with Crippen LogP contribution in [0.4, 0.5) is 0 Å². The highest BCUT2D eigenvalue weighted by atomic mass is 16.5. The highest BCUT2D eigenvalue weighted by Gasteiger charge is 2.23. The van der Waals surface area contributed by atoms with Crippen LogP contribution in [0.15, 0.2) is 27.8 Å². The van der Waals surface area contributed by atoms with Crippen LogP contribution in [-0.4, -0.2) is 9.13 Å². The number of aryl methyl sites for hydroxylation is 3. The largest absolute Gasteiger partial charge is 0.468 e. The van der Waals surface area contributed by atoms with E-state index < -0.39 is 0 Å². The van der Waals surface area contributed by atoms with Crippen LogP contribution in [0, 0.1) is 6.92 Å². The van der Waals surface area contributed by atoms with Crippen LogP contribution in [0.25, 0.3) is 21.8 Å². The molecule has 0 bridgehead atoms. The van der Waals surface area contributed by atoms with E-state index in [1.54, 1.807) is 28.3 Å². The number of benzene rings is 1. The van der Waals surface area contributed by atoms with Gasteiger partial charge in [-0.25, -0.2) is 0 Å². The Kier molecular flexibility index (Phi) is 2.52. The van der Waals surface area contributed by atoms with Gasteiger partial charge in [0, 0.05) is 30.0 Å². The second-order valence-electron chi connectivity index (χ2n) is 5.79. The molecule has 0 saturated carbocycles. The zero-order chi connectivity index (χ0) is 15.6. The lowest BCUT2D eigenvalue weighted by Crippen LogP contribution is -2.19. The van der Waals surface area contributed by atoms with Gasteiger partial charge in [0.05, 0.1) is 11.0 Å². The van der Waals surface area contributed by atoms with E-state index in [2.05, 4.69) is 6.07 Å². The number of hydrogen-bond acceptors (Lipinski definition) is 3. The van der Waals surface area contributed by atoms with Crippen molar-refractivity contribution in [1.82, 2.24) is 9.13 Å². The molecule has 22 heavy (non-hydrogen) atoms. The third-order valence-corrected chi connectivity index (χ3v) is 4.56. The molecule has 1 aliphatic heterocycles. The predicted molar refractivity (Wildman–Crippen MR) is 85.7 cm³/mol. The number of ether oxygens (including phenoxy) is 1. The van der Waals surface area contributed by atoms with Crippen LogP contribution in [0.3, 0.4) is 0 Å². The minimum atomic E-state index is -0.0726. The van der Waals surface area contributed by atoms with Crippen LogP contribution in [0.5, 0.6) is 5.75 Å². The van der Waals surface area contributed by atoms with Crippen molar-refractivity contribution >= 4 is 21.8 Å². The molecule has 0 fully saturated rings. The molecule has 5 heteroatoms. The molecule has 0 atom stereocenters. The lowest BCUT2D eigenvalue weighted by Gasteiger charge is -2.13. The lowest BCUT2D eigenvalue weighted by molar-refractivity contribution is 0.268. The SMILES string of the molecule is CCc1cc(=O)n2c3c(c4c(cc13)c(C)cc(=O)n4C)OC2. The lowest BCUT2D eigenvalue weighted by atomic mass is 10.0. The minimum Gasteiger partial charge on any atom is -0.468 e. The average Bonchev–Trinajstić information content (AvgIpc) is 2.94. The Morgan fingerprint density at radius 2 is 1.86 bits per heavy atom. The van der Waals surface area contributed by atoms with Crippen molar-refractivity contribution in [2.45, 2.75) is 27.0 Å². The van der Waals surface area contributed by atoms with E-state index in [1.807, 2.05) is 13.8 Å². The molecular formula is C17H16N2O3. The first-order valence-electron chi connectivity index (χ1n) is 7.35. The van der Waals surface area contributed by atoms with Gasteiger partial charge in [-0.3, -0.25) is 14.2 Å². The summed E-state index contributed by atoms with van der Waals surface area (Å²) in [5.41, 5.74) is 3.37. The first-order valence-corrected chi connectivity index (χ1v) is 7.35. The molecule has 1 aromatic carbocycles. The Balaban J connectivity index is 2.38. The number of hydrogen-bond donors (Lipinski definition) is 0. The van der Waals surface area contributed by atoms with Crippen LogP contribution in [0.2, 0.25) is 0 Å². The van der Waals surface area contributed by atoms with Crippen LogP contribution in [-0.2, 0) is 20.2 Å². The maximum absolute atomic E-state index is 12.2. The molecule has 2 aromatic heterocycles. The van der Waals surface area contributed by atoms with Gasteiger partial charge >= 0.3 is 0 Å². The van der Waals surface area contributed by atoms with Crippen molar-refractivity contribution in [2.24, 2.45) is 7.05 Å². The molecule has 3 aromatic rings. The summed E-state index contributed by atoms with van der Waals surface area (Å²) in [6.45, 7) is 4.17. The molecular weight excluding hydrogens is 280 g/mol. The van der Waals surface area contributed by atoms with Crippen LogP contribution < -0.4 is 15.9 Å². The van der Waals surface area contributed by atoms with Gasteiger partial charge in [0.1, 0.15) is 0 Å². The molecule has 3 heterocycles. The normalized spacial score (nSPS) is 13.0. The molecule has 0 radical (unpaired) electrons. The van der Waals surface area contributed by atoms with Crippen molar-refractivity contribution in [3.63, 3.8) is 0 Å². The Morgan fingerprint density at radius 3 is 2.59 bits per heavy atom. The van der Waals surface area contributed by atoms with E-state index in [9.17, 15) is 9.59 Å². The van der Waals surface area contributed by atoms with Crippen molar-refractivity contribution in [3.05, 3.63) is 50.0 Å². The van der Waals surface area contributed by atoms with Crippen molar-refractivity contribution in [1.29, 1.82) is 0 Å². The fourth-order valence-corrected chi connectivity index (χ4v) is 3.36. The quantitative estimate of drug-likeness (QED) is 0.646. The van der Waals surface area contributed by atoms with Gasteiger partial charge in [0.15, 0.2) is 12.5 Å². The fourth-order valence-electron chi connectivity index (χ4n) is 3.36. The van der Waals surface area contributed by atoms with E-state index in [1.165, 1.54) is 0 Å². The van der Waals surface area contributed by atoms with Crippen LogP contribution in [0.1, 0.15) is 18.1 Å². The first kappa shape index (κ1) is 13.1. The summed E-state index contributed by atoms with van der Waals surface area (Å²) in [6.07, 6.45) is 0.780. The second kappa shape index (κ2) is 4.22. The summed E-state index contributed by atoms with van der Waals surface area (Å²) in [5, 5.41) is 2.02. The van der Waals surface area contributed by atoms with Gasteiger partial charge in [0.2, 0.25) is 0 Å². The Morgan fingerprint density at radius 1 is 1.09 bits per heavy atom. The van der Waals surface area contributed by atoms with E-state index in [0.717, 1.165) is 39.4 Å². The summed E-state index contributed by atoms with van der Waals surface area (Å²) >= 11 is 0. The van der Waals surface area contributed by atoms with Gasteiger partial charge in [-0.15, -0.1) is 0 Å². The van der Waals surface area contributed by atoms with Gasteiger partial charge in [-0.2, -0.15) is 0 Å². The van der Waals surface area contributed by atoms with Gasteiger partial charge in [0.25, 0.3) is 11.1 Å². The Bertz CT molecular complexity index is 1070. The maximum Gasteiger partial charge on any atom is 0.254 e. The summed E-state index contributed by atoms with van der Waals surface area (Å²) in [6, 6.07) is 5.40. The molecule has 112 valence electrons. The number of fused-ring (bicyclic) bond motifs is 2. The average molecular weight is 296 g/mol. The van der Waals surface area contributed by atoms with Gasteiger partial charge < -0.3 is 9.30 Å².